The van der Waals surface area contributed by atoms with Crippen molar-refractivity contribution >= 4 is 22.7 Å². The topological polar surface area (TPSA) is 55.1 Å². The maximum atomic E-state index is 12.3. The largest absolute Gasteiger partial charge is 0.389 e. The molecule has 18 heavy (non-hydrogen) atoms. The first-order chi connectivity index (χ1) is 8.45. The van der Waals surface area contributed by atoms with Crippen molar-refractivity contribution in [2.75, 3.05) is 6.26 Å². The third-order valence-electron chi connectivity index (χ3n) is 2.95. The highest BCUT2D eigenvalue weighted by Gasteiger charge is 2.14. The van der Waals surface area contributed by atoms with Gasteiger partial charge in [0.2, 0.25) is 0 Å². The second kappa shape index (κ2) is 4.74. The van der Waals surface area contributed by atoms with Gasteiger partial charge in [0, 0.05) is 12.6 Å². The number of hydrogen-bond donors (Lipinski definition) is 1. The molecule has 2 rings (SSSR count). The average Bonchev–Trinajstić information content (AvgIpc) is 2.33. The zero-order valence-electron chi connectivity index (χ0n) is 10.9. The lowest BCUT2D eigenvalue weighted by Crippen LogP contribution is -2.20. The number of aromatic nitrogens is 2. The van der Waals surface area contributed by atoms with Crippen LogP contribution >= 0.6 is 11.8 Å². The molecular formula is C13H16N2O2S. The number of fused-ring (bicyclic) bond motifs is 1. The molecule has 96 valence electrons. The number of aryl methyl sites for hydroxylation is 1. The summed E-state index contributed by atoms with van der Waals surface area (Å²) in [6.45, 7) is 3.60. The first kappa shape index (κ1) is 13.1. The van der Waals surface area contributed by atoms with Crippen molar-refractivity contribution in [2.45, 2.75) is 25.1 Å². The minimum Gasteiger partial charge on any atom is -0.389 e. The lowest BCUT2D eigenvalue weighted by atomic mass is 10.0. The van der Waals surface area contributed by atoms with E-state index < -0.39 is 6.10 Å². The number of hydrogen-bond acceptors (Lipinski definition) is 4. The molecule has 1 heterocycles. The van der Waals surface area contributed by atoms with Crippen molar-refractivity contribution in [3.63, 3.8) is 0 Å². The van der Waals surface area contributed by atoms with Crippen LogP contribution in [0.15, 0.2) is 22.1 Å². The van der Waals surface area contributed by atoms with Crippen molar-refractivity contribution in [1.29, 1.82) is 0 Å². The van der Waals surface area contributed by atoms with Gasteiger partial charge in [-0.25, -0.2) is 4.98 Å². The van der Waals surface area contributed by atoms with Crippen LogP contribution in [0, 0.1) is 6.92 Å². The summed E-state index contributed by atoms with van der Waals surface area (Å²) in [4.78, 5) is 16.7. The first-order valence-corrected chi connectivity index (χ1v) is 6.91. The van der Waals surface area contributed by atoms with E-state index in [9.17, 15) is 9.90 Å². The van der Waals surface area contributed by atoms with Crippen molar-refractivity contribution in [2.24, 2.45) is 7.05 Å². The van der Waals surface area contributed by atoms with Crippen LogP contribution in [0.5, 0.6) is 0 Å². The number of aliphatic hydroxyl groups excluding tert-OH is 1. The molecule has 0 aliphatic rings. The average molecular weight is 264 g/mol. The van der Waals surface area contributed by atoms with E-state index >= 15 is 0 Å². The van der Waals surface area contributed by atoms with Crippen molar-refractivity contribution < 1.29 is 5.11 Å². The molecular weight excluding hydrogens is 248 g/mol. The summed E-state index contributed by atoms with van der Waals surface area (Å²) in [5.74, 6) is 0. The van der Waals surface area contributed by atoms with Crippen LogP contribution < -0.4 is 5.56 Å². The third kappa shape index (κ3) is 2.04. The number of nitrogens with zero attached hydrogens (tertiary/aromatic N) is 2. The summed E-state index contributed by atoms with van der Waals surface area (Å²) in [5.41, 5.74) is 2.19. The summed E-state index contributed by atoms with van der Waals surface area (Å²) in [6.07, 6.45) is 1.24. The normalized spacial score (nSPS) is 12.9. The highest BCUT2D eigenvalue weighted by Crippen LogP contribution is 2.24. The number of thioether (sulfide) groups is 1. The lowest BCUT2D eigenvalue weighted by molar-refractivity contribution is 0.200. The SMILES string of the molecule is CSc1nc2c(C(C)O)cc(C)cc2c(=O)n1C. The Bertz CT molecular complexity index is 662. The molecule has 2 aromatic rings. The van der Waals surface area contributed by atoms with Crippen LogP contribution in [-0.2, 0) is 7.05 Å². The van der Waals surface area contributed by atoms with E-state index in [4.69, 9.17) is 0 Å². The van der Waals surface area contributed by atoms with Gasteiger partial charge in [-0.3, -0.25) is 9.36 Å². The van der Waals surface area contributed by atoms with Gasteiger partial charge in [0.05, 0.1) is 17.0 Å². The highest BCUT2D eigenvalue weighted by atomic mass is 32.2. The summed E-state index contributed by atoms with van der Waals surface area (Å²) >= 11 is 1.42. The molecule has 5 heteroatoms. The first-order valence-electron chi connectivity index (χ1n) is 5.69. The quantitative estimate of drug-likeness (QED) is 0.666. The molecule has 0 radical (unpaired) electrons. The van der Waals surface area contributed by atoms with Crippen LogP contribution in [0.2, 0.25) is 0 Å². The van der Waals surface area contributed by atoms with E-state index in [1.165, 1.54) is 16.3 Å². The molecule has 0 spiro atoms. The van der Waals surface area contributed by atoms with Crippen LogP contribution in [0.4, 0.5) is 0 Å². The van der Waals surface area contributed by atoms with E-state index in [0.717, 1.165) is 5.56 Å². The zero-order chi connectivity index (χ0) is 13.4. The van der Waals surface area contributed by atoms with E-state index in [1.54, 1.807) is 14.0 Å². The number of aliphatic hydroxyl groups is 1. The van der Waals surface area contributed by atoms with Crippen LogP contribution in [0.3, 0.4) is 0 Å². The fourth-order valence-electron chi connectivity index (χ4n) is 2.03. The maximum absolute atomic E-state index is 12.3. The van der Waals surface area contributed by atoms with Gasteiger partial charge in [-0.2, -0.15) is 0 Å². The zero-order valence-corrected chi connectivity index (χ0v) is 11.7. The summed E-state index contributed by atoms with van der Waals surface area (Å²) in [5, 5.41) is 11.0. The summed E-state index contributed by atoms with van der Waals surface area (Å²) < 4.78 is 1.54. The molecule has 0 saturated heterocycles. The van der Waals surface area contributed by atoms with E-state index in [1.807, 2.05) is 25.3 Å². The van der Waals surface area contributed by atoms with Crippen LogP contribution in [-0.4, -0.2) is 20.9 Å². The molecule has 4 nitrogen and oxygen atoms in total. The Balaban J connectivity index is 2.97. The Morgan fingerprint density at radius 2 is 2.11 bits per heavy atom. The van der Waals surface area contributed by atoms with E-state index in [-0.39, 0.29) is 5.56 Å². The van der Waals surface area contributed by atoms with Crippen molar-refractivity contribution in [3.05, 3.63) is 33.6 Å². The van der Waals surface area contributed by atoms with Gasteiger partial charge in [0.15, 0.2) is 5.16 Å². The van der Waals surface area contributed by atoms with Crippen LogP contribution in [0.25, 0.3) is 10.9 Å². The maximum Gasteiger partial charge on any atom is 0.261 e. The number of rotatable bonds is 2. The van der Waals surface area contributed by atoms with Crippen molar-refractivity contribution in [3.8, 4) is 0 Å². The van der Waals surface area contributed by atoms with Gasteiger partial charge in [0.25, 0.3) is 5.56 Å². The Labute approximate surface area is 110 Å². The Hall–Kier alpha value is -1.33. The fraction of sp³-hybridized carbons (Fsp3) is 0.385. The Morgan fingerprint density at radius 3 is 2.67 bits per heavy atom. The fourth-order valence-corrected chi connectivity index (χ4v) is 2.57. The molecule has 0 aliphatic heterocycles. The molecule has 0 bridgehead atoms. The van der Waals surface area contributed by atoms with Gasteiger partial charge in [0.1, 0.15) is 0 Å². The summed E-state index contributed by atoms with van der Waals surface area (Å²) in [6, 6.07) is 3.70. The second-order valence-electron chi connectivity index (χ2n) is 4.39. The van der Waals surface area contributed by atoms with E-state index in [2.05, 4.69) is 4.98 Å². The molecule has 0 saturated carbocycles. The second-order valence-corrected chi connectivity index (χ2v) is 5.16. The van der Waals surface area contributed by atoms with Gasteiger partial charge in [-0.1, -0.05) is 17.8 Å². The monoisotopic (exact) mass is 264 g/mol. The van der Waals surface area contributed by atoms with E-state index in [0.29, 0.717) is 21.6 Å². The summed E-state index contributed by atoms with van der Waals surface area (Å²) in [7, 11) is 1.71. The number of benzene rings is 1. The molecule has 1 atom stereocenters. The molecule has 0 fully saturated rings. The predicted molar refractivity (Wildman–Crippen MR) is 74.1 cm³/mol. The van der Waals surface area contributed by atoms with Gasteiger partial charge >= 0.3 is 0 Å². The van der Waals surface area contributed by atoms with Gasteiger partial charge < -0.3 is 5.11 Å². The molecule has 0 amide bonds. The lowest BCUT2D eigenvalue weighted by Gasteiger charge is -2.12. The Kier molecular flexibility index (Phi) is 3.45. The van der Waals surface area contributed by atoms with Crippen molar-refractivity contribution in [1.82, 2.24) is 9.55 Å². The minimum atomic E-state index is -0.637. The Morgan fingerprint density at radius 1 is 1.44 bits per heavy atom. The smallest absolute Gasteiger partial charge is 0.261 e. The molecule has 1 N–H and O–H groups in total. The van der Waals surface area contributed by atoms with Crippen LogP contribution in [0.1, 0.15) is 24.2 Å². The van der Waals surface area contributed by atoms with Gasteiger partial charge in [-0.15, -0.1) is 0 Å². The molecule has 1 aromatic heterocycles. The predicted octanol–water partition coefficient (Wildman–Crippen LogP) is 2.02. The standard InChI is InChI=1S/C13H16N2O2S/c1-7-5-9(8(2)16)11-10(6-7)12(17)15(3)13(14-11)18-4/h5-6,8,16H,1-4H3. The molecule has 1 aromatic carbocycles. The molecule has 0 aliphatic carbocycles. The minimum absolute atomic E-state index is 0.0741. The van der Waals surface area contributed by atoms with Gasteiger partial charge in [-0.05, 0) is 31.7 Å². The molecule has 1 unspecified atom stereocenters. The third-order valence-corrected chi connectivity index (χ3v) is 3.68. The highest BCUT2D eigenvalue weighted by molar-refractivity contribution is 7.98.